The van der Waals surface area contributed by atoms with Gasteiger partial charge in [-0.1, -0.05) is 39.8 Å². The van der Waals surface area contributed by atoms with Gasteiger partial charge in [0.15, 0.2) is 0 Å². The first-order valence-corrected chi connectivity index (χ1v) is 4.45. The van der Waals surface area contributed by atoms with Crippen molar-refractivity contribution < 1.29 is 0 Å². The molecule has 12 heavy (non-hydrogen) atoms. The molecular weight excluding hydrogens is 146 g/mol. The average Bonchev–Trinajstić information content (AvgIpc) is 2.10. The van der Waals surface area contributed by atoms with E-state index in [1.807, 2.05) is 12.4 Å². The van der Waals surface area contributed by atoms with E-state index in [9.17, 15) is 0 Å². The highest BCUT2D eigenvalue weighted by Crippen LogP contribution is 2.21. The van der Waals surface area contributed by atoms with Crippen molar-refractivity contribution >= 4 is 6.21 Å². The fourth-order valence-electron chi connectivity index (χ4n) is 1.05. The lowest BCUT2D eigenvalue weighted by Crippen LogP contribution is -2.07. The summed E-state index contributed by atoms with van der Waals surface area (Å²) in [4.78, 5) is 4.28. The average molecular weight is 163 g/mol. The Labute approximate surface area is 74.9 Å². The molecule has 0 aliphatic carbocycles. The third-order valence-electron chi connectivity index (χ3n) is 2.00. The molecule has 1 nitrogen and oxygen atoms in total. The molecule has 1 aliphatic heterocycles. The quantitative estimate of drug-likeness (QED) is 0.563. The number of allylic oxidation sites excluding steroid dienone is 3. The van der Waals surface area contributed by atoms with Crippen LogP contribution in [0.15, 0.2) is 28.9 Å². The summed E-state index contributed by atoms with van der Waals surface area (Å²) in [6.45, 7) is 8.68. The Morgan fingerprint density at radius 3 is 2.58 bits per heavy atom. The summed E-state index contributed by atoms with van der Waals surface area (Å²) < 4.78 is 0. The maximum Gasteiger partial charge on any atom is 0.0298 e. The Bertz CT molecular complexity index is 242. The SMILES string of the molecule is CC(C)C1=CN=CC(C)(C)C=C1. The summed E-state index contributed by atoms with van der Waals surface area (Å²) in [7, 11) is 0. The van der Waals surface area contributed by atoms with Crippen LogP contribution in [0.1, 0.15) is 27.7 Å². The topological polar surface area (TPSA) is 12.4 Å². The van der Waals surface area contributed by atoms with Crippen LogP contribution in [0.3, 0.4) is 0 Å². The predicted molar refractivity (Wildman–Crippen MR) is 54.3 cm³/mol. The molecule has 0 unspecified atom stereocenters. The van der Waals surface area contributed by atoms with Crippen LogP contribution in [0.5, 0.6) is 0 Å². The molecule has 1 rings (SSSR count). The van der Waals surface area contributed by atoms with Crippen LogP contribution >= 0.6 is 0 Å². The van der Waals surface area contributed by atoms with Crippen LogP contribution < -0.4 is 0 Å². The second-order valence-corrected chi connectivity index (χ2v) is 4.22. The van der Waals surface area contributed by atoms with E-state index in [0.717, 1.165) is 0 Å². The maximum absolute atomic E-state index is 4.28. The summed E-state index contributed by atoms with van der Waals surface area (Å²) >= 11 is 0. The fraction of sp³-hybridized carbons (Fsp3) is 0.545. The Morgan fingerprint density at radius 2 is 2.00 bits per heavy atom. The van der Waals surface area contributed by atoms with E-state index in [4.69, 9.17) is 0 Å². The molecule has 66 valence electrons. The van der Waals surface area contributed by atoms with Crippen molar-refractivity contribution in [1.82, 2.24) is 0 Å². The summed E-state index contributed by atoms with van der Waals surface area (Å²) in [6, 6.07) is 0. The molecule has 0 saturated heterocycles. The third-order valence-corrected chi connectivity index (χ3v) is 2.00. The number of hydrogen-bond acceptors (Lipinski definition) is 1. The lowest BCUT2D eigenvalue weighted by molar-refractivity contribution is 0.693. The van der Waals surface area contributed by atoms with Crippen molar-refractivity contribution in [3.63, 3.8) is 0 Å². The monoisotopic (exact) mass is 163 g/mol. The molecule has 0 saturated carbocycles. The summed E-state index contributed by atoms with van der Waals surface area (Å²) in [5.41, 5.74) is 1.41. The fourth-order valence-corrected chi connectivity index (χ4v) is 1.05. The van der Waals surface area contributed by atoms with Crippen LogP contribution in [0, 0.1) is 11.3 Å². The van der Waals surface area contributed by atoms with Crippen LogP contribution in [0.4, 0.5) is 0 Å². The molecule has 0 N–H and O–H groups in total. The predicted octanol–water partition coefficient (Wildman–Crippen LogP) is 3.19. The van der Waals surface area contributed by atoms with E-state index < -0.39 is 0 Å². The van der Waals surface area contributed by atoms with Crippen LogP contribution in [-0.2, 0) is 0 Å². The Morgan fingerprint density at radius 1 is 1.33 bits per heavy atom. The van der Waals surface area contributed by atoms with Gasteiger partial charge in [-0.05, 0) is 11.5 Å². The zero-order valence-corrected chi connectivity index (χ0v) is 8.33. The molecule has 0 spiro atoms. The molecule has 1 heteroatoms. The first-order chi connectivity index (χ1) is 5.51. The van der Waals surface area contributed by atoms with Gasteiger partial charge in [-0.3, -0.25) is 4.99 Å². The number of nitrogens with zero attached hydrogens (tertiary/aromatic N) is 1. The van der Waals surface area contributed by atoms with Crippen molar-refractivity contribution in [2.45, 2.75) is 27.7 Å². The normalized spacial score (nSPS) is 20.9. The van der Waals surface area contributed by atoms with Gasteiger partial charge in [0.25, 0.3) is 0 Å². The minimum atomic E-state index is 0.104. The van der Waals surface area contributed by atoms with Gasteiger partial charge in [-0.15, -0.1) is 0 Å². The standard InChI is InChI=1S/C11H17N/c1-9(2)10-5-6-11(3,4)8-12-7-10/h5-9H,1-4H3. The highest BCUT2D eigenvalue weighted by atomic mass is 14.7. The molecule has 1 aliphatic rings. The molecule has 0 fully saturated rings. The van der Waals surface area contributed by atoms with Gasteiger partial charge >= 0.3 is 0 Å². The highest BCUT2D eigenvalue weighted by Gasteiger charge is 2.12. The zero-order chi connectivity index (χ0) is 9.19. The van der Waals surface area contributed by atoms with E-state index in [1.165, 1.54) is 5.57 Å². The first-order valence-electron chi connectivity index (χ1n) is 4.45. The molecular formula is C11H17N. The highest BCUT2D eigenvalue weighted by molar-refractivity contribution is 5.69. The largest absolute Gasteiger partial charge is 0.268 e. The number of aliphatic imine (C=N–C) groups is 1. The van der Waals surface area contributed by atoms with E-state index in [0.29, 0.717) is 5.92 Å². The van der Waals surface area contributed by atoms with Gasteiger partial charge < -0.3 is 0 Å². The van der Waals surface area contributed by atoms with Gasteiger partial charge in [-0.25, -0.2) is 0 Å². The van der Waals surface area contributed by atoms with Crippen molar-refractivity contribution in [3.05, 3.63) is 23.9 Å². The molecule has 0 aromatic carbocycles. The number of hydrogen-bond donors (Lipinski definition) is 0. The molecule has 1 heterocycles. The zero-order valence-electron chi connectivity index (χ0n) is 8.33. The van der Waals surface area contributed by atoms with Gasteiger partial charge in [0.1, 0.15) is 0 Å². The minimum absolute atomic E-state index is 0.104. The van der Waals surface area contributed by atoms with Crippen LogP contribution in [0.2, 0.25) is 0 Å². The van der Waals surface area contributed by atoms with Crippen molar-refractivity contribution in [3.8, 4) is 0 Å². The van der Waals surface area contributed by atoms with Gasteiger partial charge in [0.2, 0.25) is 0 Å². The smallest absolute Gasteiger partial charge is 0.0298 e. The first kappa shape index (κ1) is 9.24. The van der Waals surface area contributed by atoms with Crippen LogP contribution in [0.25, 0.3) is 0 Å². The van der Waals surface area contributed by atoms with Gasteiger partial charge in [-0.2, -0.15) is 0 Å². The summed E-state index contributed by atoms with van der Waals surface area (Å²) in [5, 5.41) is 0. The molecule has 0 aromatic heterocycles. The Balaban J connectivity index is 2.86. The molecule has 0 aromatic rings. The molecule has 0 radical (unpaired) electrons. The Hall–Kier alpha value is -0.850. The summed E-state index contributed by atoms with van der Waals surface area (Å²) in [6.07, 6.45) is 8.32. The molecule has 0 amide bonds. The van der Waals surface area contributed by atoms with Gasteiger partial charge in [0, 0.05) is 17.8 Å². The van der Waals surface area contributed by atoms with E-state index in [-0.39, 0.29) is 5.41 Å². The molecule has 0 atom stereocenters. The maximum atomic E-state index is 4.28. The lowest BCUT2D eigenvalue weighted by atomic mass is 9.93. The molecule has 0 bridgehead atoms. The van der Waals surface area contributed by atoms with Crippen LogP contribution in [-0.4, -0.2) is 6.21 Å². The van der Waals surface area contributed by atoms with E-state index in [1.54, 1.807) is 0 Å². The van der Waals surface area contributed by atoms with Gasteiger partial charge in [0.05, 0.1) is 0 Å². The minimum Gasteiger partial charge on any atom is -0.268 e. The third kappa shape index (κ3) is 2.33. The number of rotatable bonds is 1. The summed E-state index contributed by atoms with van der Waals surface area (Å²) in [5.74, 6) is 0.562. The second kappa shape index (κ2) is 3.26. The Kier molecular flexibility index (Phi) is 2.51. The second-order valence-electron chi connectivity index (χ2n) is 4.22. The van der Waals surface area contributed by atoms with Crippen molar-refractivity contribution in [2.24, 2.45) is 16.3 Å². The van der Waals surface area contributed by atoms with Crippen molar-refractivity contribution in [2.75, 3.05) is 0 Å². The van der Waals surface area contributed by atoms with E-state index in [2.05, 4.69) is 44.8 Å². The lowest BCUT2D eigenvalue weighted by Gasteiger charge is -2.11. The van der Waals surface area contributed by atoms with E-state index >= 15 is 0 Å². The van der Waals surface area contributed by atoms with Crippen molar-refractivity contribution in [1.29, 1.82) is 0 Å².